The van der Waals surface area contributed by atoms with Gasteiger partial charge in [-0.05, 0) is 12.1 Å². The molecule has 2 aliphatic rings. The van der Waals surface area contributed by atoms with Gasteiger partial charge < -0.3 is 14.0 Å². The second-order valence-corrected chi connectivity index (χ2v) is 7.85. The average molecular weight is 377 g/mol. The van der Waals surface area contributed by atoms with Gasteiger partial charge in [0.15, 0.2) is 5.16 Å². The number of ether oxygens (including phenoxy) is 2. The van der Waals surface area contributed by atoms with Gasteiger partial charge in [0, 0.05) is 51.6 Å². The Morgan fingerprint density at radius 1 is 0.846 bits per heavy atom. The summed E-state index contributed by atoms with van der Waals surface area (Å²) in [4.78, 5) is 9.87. The van der Waals surface area contributed by atoms with Crippen LogP contribution in [0, 0.1) is 0 Å². The molecule has 0 bridgehead atoms. The van der Waals surface area contributed by atoms with E-state index in [9.17, 15) is 0 Å². The van der Waals surface area contributed by atoms with Crippen LogP contribution < -0.4 is 0 Å². The first kappa shape index (κ1) is 18.3. The van der Waals surface area contributed by atoms with E-state index < -0.39 is 0 Å². The quantitative estimate of drug-likeness (QED) is 0.687. The van der Waals surface area contributed by atoms with Gasteiger partial charge in [0.2, 0.25) is 0 Å². The molecule has 0 amide bonds. The van der Waals surface area contributed by atoms with Crippen molar-refractivity contribution in [2.24, 2.45) is 0 Å². The van der Waals surface area contributed by atoms with Gasteiger partial charge in [0.05, 0.1) is 37.5 Å². The lowest BCUT2D eigenvalue weighted by Gasteiger charge is -2.27. The van der Waals surface area contributed by atoms with Gasteiger partial charge in [-0.3, -0.25) is 9.80 Å². The third kappa shape index (κ3) is 4.58. The Morgan fingerprint density at radius 3 is 2.23 bits per heavy atom. The number of fused-ring (bicyclic) bond motifs is 1. The minimum absolute atomic E-state index is 0.853. The average Bonchev–Trinajstić information content (AvgIpc) is 3.05. The number of benzene rings is 1. The van der Waals surface area contributed by atoms with Crippen LogP contribution in [0.15, 0.2) is 29.4 Å². The summed E-state index contributed by atoms with van der Waals surface area (Å²) in [5.41, 5.74) is 2.35. The zero-order valence-electron chi connectivity index (χ0n) is 15.3. The highest BCUT2D eigenvalue weighted by Gasteiger charge is 2.15. The molecule has 1 aromatic carbocycles. The lowest BCUT2D eigenvalue weighted by Crippen LogP contribution is -2.38. The smallest absolute Gasteiger partial charge is 0.169 e. The third-order valence-electron chi connectivity index (χ3n) is 5.11. The van der Waals surface area contributed by atoms with Crippen molar-refractivity contribution in [2.75, 3.05) is 71.4 Å². The van der Waals surface area contributed by atoms with Gasteiger partial charge in [-0.2, -0.15) is 0 Å². The molecule has 0 radical (unpaired) electrons. The van der Waals surface area contributed by atoms with Crippen molar-refractivity contribution in [2.45, 2.75) is 11.7 Å². The van der Waals surface area contributed by atoms with E-state index in [4.69, 9.17) is 14.5 Å². The van der Waals surface area contributed by atoms with Crippen LogP contribution in [-0.4, -0.2) is 90.8 Å². The van der Waals surface area contributed by atoms with Crippen molar-refractivity contribution in [1.29, 1.82) is 0 Å². The van der Waals surface area contributed by atoms with E-state index in [0.29, 0.717) is 0 Å². The molecule has 3 heterocycles. The molecule has 0 atom stereocenters. The van der Waals surface area contributed by atoms with Gasteiger partial charge in [-0.15, -0.1) is 0 Å². The Morgan fingerprint density at radius 2 is 1.50 bits per heavy atom. The number of thioether (sulfide) groups is 1. The highest BCUT2D eigenvalue weighted by molar-refractivity contribution is 7.99. The number of nitrogens with zero attached hydrogens (tertiary/aromatic N) is 4. The molecule has 7 heteroatoms. The first-order valence-electron chi connectivity index (χ1n) is 9.58. The van der Waals surface area contributed by atoms with Crippen LogP contribution in [0.3, 0.4) is 0 Å². The molecular weight excluding hydrogens is 348 g/mol. The fraction of sp³-hybridized carbons (Fsp3) is 0.632. The lowest BCUT2D eigenvalue weighted by molar-refractivity contribution is 0.0362. The van der Waals surface area contributed by atoms with Crippen LogP contribution in [0.25, 0.3) is 11.0 Å². The van der Waals surface area contributed by atoms with Crippen molar-refractivity contribution >= 4 is 22.8 Å². The Balaban J connectivity index is 1.40. The van der Waals surface area contributed by atoms with E-state index in [1.54, 1.807) is 0 Å². The van der Waals surface area contributed by atoms with E-state index in [2.05, 4.69) is 38.6 Å². The second kappa shape index (κ2) is 9.19. The third-order valence-corrected chi connectivity index (χ3v) is 6.06. The number of rotatable bonds is 7. The molecule has 0 aliphatic carbocycles. The summed E-state index contributed by atoms with van der Waals surface area (Å²) in [5, 5.41) is 1.15. The summed E-state index contributed by atoms with van der Waals surface area (Å²) in [6.45, 7) is 10.7. The Kier molecular flexibility index (Phi) is 6.45. The number of para-hydroxylation sites is 2. The maximum Gasteiger partial charge on any atom is 0.169 e. The summed E-state index contributed by atoms with van der Waals surface area (Å²) in [6, 6.07) is 8.49. The number of morpholine rings is 2. The van der Waals surface area contributed by atoms with Crippen molar-refractivity contribution in [3.63, 3.8) is 0 Å². The Bertz CT molecular complexity index is 696. The largest absolute Gasteiger partial charge is 0.379 e. The molecule has 2 fully saturated rings. The second-order valence-electron chi connectivity index (χ2n) is 6.79. The first-order valence-corrected chi connectivity index (χ1v) is 10.6. The molecule has 0 unspecified atom stereocenters. The highest BCUT2D eigenvalue weighted by Crippen LogP contribution is 2.24. The fourth-order valence-electron chi connectivity index (χ4n) is 3.54. The molecule has 142 valence electrons. The first-order chi connectivity index (χ1) is 12.9. The standard InChI is InChI=1S/C19H28N4O2S/c1-2-4-18-17(3-1)20-19(26-16-11-22-9-14-25-15-10-22)23(18)6-5-21-7-12-24-13-8-21/h1-4H,5-16H2. The minimum atomic E-state index is 0.853. The molecule has 6 nitrogen and oxygen atoms in total. The zero-order valence-corrected chi connectivity index (χ0v) is 16.1. The van der Waals surface area contributed by atoms with Crippen molar-refractivity contribution in [1.82, 2.24) is 19.4 Å². The lowest BCUT2D eigenvalue weighted by atomic mass is 10.3. The van der Waals surface area contributed by atoms with Crippen LogP contribution in [0.4, 0.5) is 0 Å². The molecule has 0 saturated carbocycles. The van der Waals surface area contributed by atoms with E-state index in [-0.39, 0.29) is 0 Å². The molecule has 0 N–H and O–H groups in total. The van der Waals surface area contributed by atoms with Crippen LogP contribution in [0.5, 0.6) is 0 Å². The molecule has 2 saturated heterocycles. The summed E-state index contributed by atoms with van der Waals surface area (Å²) in [7, 11) is 0. The van der Waals surface area contributed by atoms with E-state index in [1.165, 1.54) is 5.52 Å². The van der Waals surface area contributed by atoms with Gasteiger partial charge in [0.1, 0.15) is 0 Å². The van der Waals surface area contributed by atoms with Crippen molar-refractivity contribution < 1.29 is 9.47 Å². The summed E-state index contributed by atoms with van der Waals surface area (Å²) >= 11 is 1.88. The predicted octanol–water partition coefficient (Wildman–Crippen LogP) is 1.79. The Labute approximate surface area is 159 Å². The van der Waals surface area contributed by atoms with Gasteiger partial charge in [-0.25, -0.2) is 4.98 Å². The van der Waals surface area contributed by atoms with Crippen molar-refractivity contribution in [3.8, 4) is 0 Å². The fourth-order valence-corrected chi connectivity index (χ4v) is 4.58. The molecule has 0 spiro atoms. The number of hydrogen-bond acceptors (Lipinski definition) is 6. The molecule has 26 heavy (non-hydrogen) atoms. The zero-order chi connectivity index (χ0) is 17.6. The van der Waals surface area contributed by atoms with Crippen LogP contribution in [-0.2, 0) is 16.0 Å². The highest BCUT2D eigenvalue weighted by atomic mass is 32.2. The number of aromatic nitrogens is 2. The van der Waals surface area contributed by atoms with Crippen molar-refractivity contribution in [3.05, 3.63) is 24.3 Å². The molecule has 4 rings (SSSR count). The number of hydrogen-bond donors (Lipinski definition) is 0. The molecule has 2 aliphatic heterocycles. The minimum Gasteiger partial charge on any atom is -0.379 e. The van der Waals surface area contributed by atoms with Crippen LogP contribution >= 0.6 is 11.8 Å². The maximum absolute atomic E-state index is 5.46. The molecule has 2 aromatic rings. The summed E-state index contributed by atoms with van der Waals surface area (Å²) < 4.78 is 13.3. The van der Waals surface area contributed by atoms with E-state index in [1.807, 2.05) is 11.8 Å². The SMILES string of the molecule is c1ccc2c(c1)nc(SCCN1CCOCC1)n2CCN1CCOCC1. The summed E-state index contributed by atoms with van der Waals surface area (Å²) in [6.07, 6.45) is 0. The molecule has 1 aromatic heterocycles. The van der Waals surface area contributed by atoms with Gasteiger partial charge in [-0.1, -0.05) is 23.9 Å². The van der Waals surface area contributed by atoms with Crippen LogP contribution in [0.2, 0.25) is 0 Å². The Hall–Kier alpha value is -1.12. The maximum atomic E-state index is 5.46. The monoisotopic (exact) mass is 376 g/mol. The van der Waals surface area contributed by atoms with Crippen LogP contribution in [0.1, 0.15) is 0 Å². The predicted molar refractivity (Wildman–Crippen MR) is 105 cm³/mol. The topological polar surface area (TPSA) is 42.8 Å². The van der Waals surface area contributed by atoms with E-state index >= 15 is 0 Å². The number of imidazole rings is 1. The van der Waals surface area contributed by atoms with Gasteiger partial charge >= 0.3 is 0 Å². The normalized spacial score (nSPS) is 20.0. The van der Waals surface area contributed by atoms with E-state index in [0.717, 1.165) is 88.7 Å². The van der Waals surface area contributed by atoms with Gasteiger partial charge in [0.25, 0.3) is 0 Å². The summed E-state index contributed by atoms with van der Waals surface area (Å²) in [5.74, 6) is 1.07. The molecular formula is C19H28N4O2S.